The summed E-state index contributed by atoms with van der Waals surface area (Å²) in [5.41, 5.74) is 0.632. The smallest absolute Gasteiger partial charge is 0.238 e. The SMILES string of the molecule is CCC(CC)C(=O)Nc1nc2ccc(S(N)(=O)=O)cc2s1. The van der Waals surface area contributed by atoms with Crippen LogP contribution in [0.2, 0.25) is 0 Å². The number of nitrogens with zero attached hydrogens (tertiary/aromatic N) is 1. The van der Waals surface area contributed by atoms with Gasteiger partial charge in [-0.15, -0.1) is 0 Å². The Morgan fingerprint density at radius 1 is 1.38 bits per heavy atom. The second-order valence-corrected chi connectivity index (χ2v) is 7.29. The third-order valence-corrected chi connectivity index (χ3v) is 5.12. The molecule has 0 spiro atoms. The Bertz CT molecular complexity index is 764. The van der Waals surface area contributed by atoms with E-state index in [1.807, 2.05) is 13.8 Å². The van der Waals surface area contributed by atoms with E-state index >= 15 is 0 Å². The van der Waals surface area contributed by atoms with Gasteiger partial charge in [-0.3, -0.25) is 4.79 Å². The van der Waals surface area contributed by atoms with E-state index in [4.69, 9.17) is 5.14 Å². The van der Waals surface area contributed by atoms with Crippen molar-refractivity contribution in [2.45, 2.75) is 31.6 Å². The zero-order valence-electron chi connectivity index (χ0n) is 11.8. The number of primary sulfonamides is 1. The predicted octanol–water partition coefficient (Wildman–Crippen LogP) is 2.32. The first-order valence-corrected chi connectivity index (χ1v) is 8.95. The normalized spacial score (nSPS) is 12.0. The van der Waals surface area contributed by atoms with Gasteiger partial charge >= 0.3 is 0 Å². The van der Waals surface area contributed by atoms with Crippen LogP contribution in [0.3, 0.4) is 0 Å². The van der Waals surface area contributed by atoms with Gasteiger partial charge in [-0.05, 0) is 31.0 Å². The van der Waals surface area contributed by atoms with Crippen LogP contribution >= 0.6 is 11.3 Å². The van der Waals surface area contributed by atoms with Crippen LogP contribution in [0.4, 0.5) is 5.13 Å². The molecule has 0 fully saturated rings. The van der Waals surface area contributed by atoms with E-state index < -0.39 is 10.0 Å². The van der Waals surface area contributed by atoms with E-state index in [1.165, 1.54) is 23.5 Å². The fraction of sp³-hybridized carbons (Fsp3) is 0.385. The molecular formula is C13H17N3O3S2. The van der Waals surface area contributed by atoms with Crippen molar-refractivity contribution in [2.24, 2.45) is 11.1 Å². The molecule has 0 aliphatic heterocycles. The lowest BCUT2D eigenvalue weighted by Gasteiger charge is -2.10. The molecule has 0 saturated carbocycles. The summed E-state index contributed by atoms with van der Waals surface area (Å²) < 4.78 is 23.3. The second kappa shape index (κ2) is 6.08. The van der Waals surface area contributed by atoms with Gasteiger partial charge in [0, 0.05) is 5.92 Å². The maximum Gasteiger partial charge on any atom is 0.238 e. The van der Waals surface area contributed by atoms with Crippen LogP contribution in [0.25, 0.3) is 10.2 Å². The number of nitrogens with one attached hydrogen (secondary N) is 1. The van der Waals surface area contributed by atoms with Gasteiger partial charge in [-0.1, -0.05) is 25.2 Å². The number of carbonyl (C=O) groups excluding carboxylic acids is 1. The van der Waals surface area contributed by atoms with Gasteiger partial charge in [0.25, 0.3) is 0 Å². The lowest BCUT2D eigenvalue weighted by Crippen LogP contribution is -2.21. The highest BCUT2D eigenvalue weighted by Gasteiger charge is 2.17. The van der Waals surface area contributed by atoms with Crippen molar-refractivity contribution in [2.75, 3.05) is 5.32 Å². The van der Waals surface area contributed by atoms with Gasteiger partial charge in [-0.2, -0.15) is 0 Å². The van der Waals surface area contributed by atoms with E-state index in [0.29, 0.717) is 15.3 Å². The van der Waals surface area contributed by atoms with Crippen LogP contribution in [-0.4, -0.2) is 19.3 Å². The Morgan fingerprint density at radius 3 is 2.62 bits per heavy atom. The lowest BCUT2D eigenvalue weighted by atomic mass is 10.0. The molecule has 8 heteroatoms. The van der Waals surface area contributed by atoms with Crippen LogP contribution in [0.1, 0.15) is 26.7 Å². The van der Waals surface area contributed by atoms with Gasteiger partial charge in [0.15, 0.2) is 5.13 Å². The Hall–Kier alpha value is -1.51. The maximum absolute atomic E-state index is 12.0. The van der Waals surface area contributed by atoms with Crippen LogP contribution in [0.5, 0.6) is 0 Å². The first kappa shape index (κ1) is 15.9. The van der Waals surface area contributed by atoms with Gasteiger partial charge in [0.1, 0.15) is 0 Å². The maximum atomic E-state index is 12.0. The van der Waals surface area contributed by atoms with Crippen LogP contribution < -0.4 is 10.5 Å². The number of amides is 1. The Balaban J connectivity index is 2.29. The minimum Gasteiger partial charge on any atom is -0.302 e. The largest absolute Gasteiger partial charge is 0.302 e. The minimum absolute atomic E-state index is 0.0384. The lowest BCUT2D eigenvalue weighted by molar-refractivity contribution is -0.120. The molecular weight excluding hydrogens is 310 g/mol. The molecule has 3 N–H and O–H groups in total. The summed E-state index contributed by atoms with van der Waals surface area (Å²) in [4.78, 5) is 16.3. The van der Waals surface area contributed by atoms with Gasteiger partial charge in [0.05, 0.1) is 15.1 Å². The summed E-state index contributed by atoms with van der Waals surface area (Å²) in [5, 5.41) is 8.34. The van der Waals surface area contributed by atoms with Crippen molar-refractivity contribution in [3.8, 4) is 0 Å². The van der Waals surface area contributed by atoms with E-state index in [2.05, 4.69) is 10.3 Å². The Labute approximate surface area is 127 Å². The van der Waals surface area contributed by atoms with Gasteiger partial charge in [-0.25, -0.2) is 18.5 Å². The standard InChI is InChI=1S/C13H17N3O3S2/c1-3-8(4-2)12(17)16-13-15-10-6-5-9(21(14,18)19)7-11(10)20-13/h5-8H,3-4H2,1-2H3,(H2,14,18,19)(H,15,16,17). The van der Waals surface area contributed by atoms with E-state index in [-0.39, 0.29) is 16.7 Å². The number of aromatic nitrogens is 1. The topological polar surface area (TPSA) is 102 Å². The summed E-state index contributed by atoms with van der Waals surface area (Å²) in [5.74, 6) is -0.109. The van der Waals surface area contributed by atoms with Crippen molar-refractivity contribution in [3.63, 3.8) is 0 Å². The highest BCUT2D eigenvalue weighted by Crippen LogP contribution is 2.28. The van der Waals surface area contributed by atoms with Crippen molar-refractivity contribution in [1.29, 1.82) is 0 Å². The first-order chi connectivity index (χ1) is 9.85. The number of carbonyl (C=O) groups is 1. The van der Waals surface area contributed by atoms with E-state index in [9.17, 15) is 13.2 Å². The molecule has 2 aromatic rings. The molecule has 6 nitrogen and oxygen atoms in total. The number of benzene rings is 1. The molecule has 2 rings (SSSR count). The molecule has 0 radical (unpaired) electrons. The fourth-order valence-electron chi connectivity index (χ4n) is 2.00. The number of thiazole rings is 1. The molecule has 0 atom stereocenters. The monoisotopic (exact) mass is 327 g/mol. The van der Waals surface area contributed by atoms with Crippen LogP contribution in [0, 0.1) is 5.92 Å². The molecule has 1 heterocycles. The predicted molar refractivity (Wildman–Crippen MR) is 83.7 cm³/mol. The number of hydrogen-bond donors (Lipinski definition) is 2. The summed E-state index contributed by atoms with van der Waals surface area (Å²) in [6, 6.07) is 4.46. The van der Waals surface area contributed by atoms with E-state index in [0.717, 1.165) is 12.8 Å². The second-order valence-electron chi connectivity index (χ2n) is 4.70. The molecule has 0 saturated heterocycles. The molecule has 1 aromatic carbocycles. The third-order valence-electron chi connectivity index (χ3n) is 3.27. The zero-order chi connectivity index (χ0) is 15.6. The van der Waals surface area contributed by atoms with Crippen molar-refractivity contribution in [1.82, 2.24) is 4.98 Å². The summed E-state index contributed by atoms with van der Waals surface area (Å²) in [6.45, 7) is 3.93. The number of rotatable bonds is 5. The summed E-state index contributed by atoms with van der Waals surface area (Å²) >= 11 is 1.23. The van der Waals surface area contributed by atoms with Gasteiger partial charge < -0.3 is 5.32 Å². The van der Waals surface area contributed by atoms with Crippen molar-refractivity contribution >= 4 is 42.6 Å². The average Bonchev–Trinajstić information content (AvgIpc) is 2.80. The molecule has 21 heavy (non-hydrogen) atoms. The van der Waals surface area contributed by atoms with Crippen molar-refractivity contribution < 1.29 is 13.2 Å². The Morgan fingerprint density at radius 2 is 2.05 bits per heavy atom. The number of nitrogens with two attached hydrogens (primary N) is 1. The third kappa shape index (κ3) is 3.58. The van der Waals surface area contributed by atoms with E-state index in [1.54, 1.807) is 6.07 Å². The summed E-state index contributed by atoms with van der Waals surface area (Å²) in [6.07, 6.45) is 1.53. The number of sulfonamides is 1. The van der Waals surface area contributed by atoms with Crippen molar-refractivity contribution in [3.05, 3.63) is 18.2 Å². The quantitative estimate of drug-likeness (QED) is 0.879. The highest BCUT2D eigenvalue weighted by atomic mass is 32.2. The number of anilines is 1. The van der Waals surface area contributed by atoms with Crippen LogP contribution in [0.15, 0.2) is 23.1 Å². The summed E-state index contributed by atoms with van der Waals surface area (Å²) in [7, 11) is -3.74. The number of hydrogen-bond acceptors (Lipinski definition) is 5. The molecule has 0 bridgehead atoms. The number of fused-ring (bicyclic) bond motifs is 1. The zero-order valence-corrected chi connectivity index (χ0v) is 13.4. The molecule has 114 valence electrons. The fourth-order valence-corrected chi connectivity index (χ4v) is 3.52. The highest BCUT2D eigenvalue weighted by molar-refractivity contribution is 7.89. The first-order valence-electron chi connectivity index (χ1n) is 6.59. The average molecular weight is 327 g/mol. The molecule has 0 aliphatic rings. The molecule has 1 amide bonds. The molecule has 0 aliphatic carbocycles. The molecule has 0 unspecified atom stereocenters. The van der Waals surface area contributed by atoms with Crippen LogP contribution in [-0.2, 0) is 14.8 Å². The molecule has 1 aromatic heterocycles. The Kier molecular flexibility index (Phi) is 4.60. The minimum atomic E-state index is -3.74. The van der Waals surface area contributed by atoms with Gasteiger partial charge in [0.2, 0.25) is 15.9 Å².